The molecule has 5 heteroatoms. The van der Waals surface area contributed by atoms with Crippen molar-refractivity contribution in [2.45, 2.75) is 19.9 Å². The molecule has 0 radical (unpaired) electrons. The molecule has 0 fully saturated rings. The summed E-state index contributed by atoms with van der Waals surface area (Å²) in [5.41, 5.74) is 1.87. The molecule has 17 heavy (non-hydrogen) atoms. The standard InChI is InChI=1S/C12H15NO4/c1-3-9-6-8(4-5-10(9)17-2)7-13-11(14)12(15)16/h4-6H,3,7H2,1-2H3,(H,13,14)(H,15,16). The molecule has 0 aliphatic rings. The number of amides is 1. The van der Waals surface area contributed by atoms with E-state index < -0.39 is 11.9 Å². The number of aliphatic carboxylic acids is 1. The Morgan fingerprint density at radius 3 is 2.65 bits per heavy atom. The Bertz CT molecular complexity index is 429. The Morgan fingerprint density at radius 2 is 2.12 bits per heavy atom. The van der Waals surface area contributed by atoms with Crippen molar-refractivity contribution >= 4 is 11.9 Å². The van der Waals surface area contributed by atoms with Crippen molar-refractivity contribution in [2.75, 3.05) is 7.11 Å². The summed E-state index contributed by atoms with van der Waals surface area (Å²) in [6.45, 7) is 2.19. The number of aryl methyl sites for hydroxylation is 1. The van der Waals surface area contributed by atoms with Crippen LogP contribution < -0.4 is 10.1 Å². The number of methoxy groups -OCH3 is 1. The minimum atomic E-state index is -1.48. The zero-order valence-corrected chi connectivity index (χ0v) is 9.82. The van der Waals surface area contributed by atoms with Gasteiger partial charge in [0.15, 0.2) is 0 Å². The van der Waals surface area contributed by atoms with Crippen LogP contribution in [0.15, 0.2) is 18.2 Å². The quantitative estimate of drug-likeness (QED) is 0.765. The summed E-state index contributed by atoms with van der Waals surface area (Å²) in [6.07, 6.45) is 0.809. The Hall–Kier alpha value is -2.04. The van der Waals surface area contributed by atoms with Crippen LogP contribution in [0.1, 0.15) is 18.1 Å². The Kier molecular flexibility index (Phi) is 4.51. The van der Waals surface area contributed by atoms with E-state index in [1.54, 1.807) is 19.2 Å². The number of carboxylic acids is 1. The van der Waals surface area contributed by atoms with Gasteiger partial charge in [-0.25, -0.2) is 4.79 Å². The average molecular weight is 237 g/mol. The van der Waals surface area contributed by atoms with Crippen LogP contribution in [0.4, 0.5) is 0 Å². The predicted molar refractivity (Wildman–Crippen MR) is 61.9 cm³/mol. The third-order valence-corrected chi connectivity index (χ3v) is 2.37. The molecule has 0 atom stereocenters. The molecular formula is C12H15NO4. The molecule has 0 heterocycles. The minimum Gasteiger partial charge on any atom is -0.496 e. The van der Waals surface area contributed by atoms with Gasteiger partial charge in [-0.1, -0.05) is 19.1 Å². The lowest BCUT2D eigenvalue weighted by atomic mass is 10.1. The molecule has 1 amide bonds. The van der Waals surface area contributed by atoms with Crippen LogP contribution in [0.2, 0.25) is 0 Å². The summed E-state index contributed by atoms with van der Waals surface area (Å²) in [6, 6.07) is 5.49. The molecule has 0 aromatic heterocycles. The fourth-order valence-corrected chi connectivity index (χ4v) is 1.48. The van der Waals surface area contributed by atoms with Gasteiger partial charge < -0.3 is 15.2 Å². The molecule has 1 rings (SSSR count). The van der Waals surface area contributed by atoms with E-state index in [0.717, 1.165) is 23.3 Å². The summed E-state index contributed by atoms with van der Waals surface area (Å²) in [7, 11) is 1.60. The van der Waals surface area contributed by atoms with Gasteiger partial charge in [-0.05, 0) is 23.6 Å². The second-order valence-corrected chi connectivity index (χ2v) is 3.49. The molecule has 2 N–H and O–H groups in total. The number of ether oxygens (including phenoxy) is 1. The fraction of sp³-hybridized carbons (Fsp3) is 0.333. The van der Waals surface area contributed by atoms with Crippen LogP contribution in [0, 0.1) is 0 Å². The molecule has 0 saturated heterocycles. The highest BCUT2D eigenvalue weighted by Gasteiger charge is 2.10. The molecule has 0 unspecified atom stereocenters. The highest BCUT2D eigenvalue weighted by Crippen LogP contribution is 2.20. The number of nitrogens with one attached hydrogen (secondary N) is 1. The van der Waals surface area contributed by atoms with Gasteiger partial charge >= 0.3 is 11.9 Å². The summed E-state index contributed by atoms with van der Waals surface area (Å²) in [5.74, 6) is -1.69. The van der Waals surface area contributed by atoms with Crippen molar-refractivity contribution in [2.24, 2.45) is 0 Å². The SMILES string of the molecule is CCc1cc(CNC(=O)C(=O)O)ccc1OC. The van der Waals surface area contributed by atoms with E-state index in [-0.39, 0.29) is 6.54 Å². The normalized spacial score (nSPS) is 9.76. The molecule has 0 aliphatic carbocycles. The highest BCUT2D eigenvalue weighted by atomic mass is 16.5. The second kappa shape index (κ2) is 5.89. The first-order valence-corrected chi connectivity index (χ1v) is 5.25. The second-order valence-electron chi connectivity index (χ2n) is 3.49. The van der Waals surface area contributed by atoms with Crippen molar-refractivity contribution in [1.29, 1.82) is 0 Å². The van der Waals surface area contributed by atoms with Crippen LogP contribution in [0.3, 0.4) is 0 Å². The number of benzene rings is 1. The van der Waals surface area contributed by atoms with Crippen molar-refractivity contribution in [3.8, 4) is 5.75 Å². The zero-order valence-electron chi connectivity index (χ0n) is 9.82. The van der Waals surface area contributed by atoms with Crippen molar-refractivity contribution in [3.63, 3.8) is 0 Å². The van der Waals surface area contributed by atoms with E-state index >= 15 is 0 Å². The Morgan fingerprint density at radius 1 is 1.41 bits per heavy atom. The minimum absolute atomic E-state index is 0.197. The van der Waals surface area contributed by atoms with Gasteiger partial charge in [0.25, 0.3) is 0 Å². The predicted octanol–water partition coefficient (Wildman–Crippen LogP) is 0.958. The molecule has 0 aliphatic heterocycles. The van der Waals surface area contributed by atoms with Gasteiger partial charge in [0, 0.05) is 6.54 Å². The molecule has 0 saturated carbocycles. The van der Waals surface area contributed by atoms with Crippen LogP contribution in [0.25, 0.3) is 0 Å². The summed E-state index contributed by atoms with van der Waals surface area (Å²) in [5, 5.41) is 10.7. The van der Waals surface area contributed by atoms with E-state index in [9.17, 15) is 9.59 Å². The van der Waals surface area contributed by atoms with Crippen LogP contribution >= 0.6 is 0 Å². The smallest absolute Gasteiger partial charge is 0.394 e. The zero-order chi connectivity index (χ0) is 12.8. The lowest BCUT2D eigenvalue weighted by molar-refractivity contribution is -0.150. The molecule has 5 nitrogen and oxygen atoms in total. The van der Waals surface area contributed by atoms with Gasteiger partial charge in [0.1, 0.15) is 5.75 Å². The molecule has 1 aromatic carbocycles. The first-order valence-electron chi connectivity index (χ1n) is 5.25. The van der Waals surface area contributed by atoms with Crippen LogP contribution in [0.5, 0.6) is 5.75 Å². The van der Waals surface area contributed by atoms with E-state index in [0.29, 0.717) is 0 Å². The van der Waals surface area contributed by atoms with Crippen LogP contribution in [-0.2, 0) is 22.6 Å². The number of hydrogen-bond acceptors (Lipinski definition) is 3. The summed E-state index contributed by atoms with van der Waals surface area (Å²) >= 11 is 0. The number of hydrogen-bond donors (Lipinski definition) is 2. The van der Waals surface area contributed by atoms with Gasteiger partial charge in [0.2, 0.25) is 0 Å². The maximum Gasteiger partial charge on any atom is 0.394 e. The first kappa shape index (κ1) is 13.0. The third-order valence-electron chi connectivity index (χ3n) is 2.37. The molecule has 0 spiro atoms. The van der Waals surface area contributed by atoms with Gasteiger partial charge in [-0.2, -0.15) is 0 Å². The molecule has 0 bridgehead atoms. The molecule has 1 aromatic rings. The van der Waals surface area contributed by atoms with Gasteiger partial charge in [-0.3, -0.25) is 4.79 Å². The van der Waals surface area contributed by atoms with Crippen molar-refractivity contribution < 1.29 is 19.4 Å². The lowest BCUT2D eigenvalue weighted by Crippen LogP contribution is -2.30. The van der Waals surface area contributed by atoms with Crippen molar-refractivity contribution in [1.82, 2.24) is 5.32 Å². The molecule has 92 valence electrons. The van der Waals surface area contributed by atoms with Gasteiger partial charge in [-0.15, -0.1) is 0 Å². The Balaban J connectivity index is 2.73. The molecular weight excluding hydrogens is 222 g/mol. The number of carbonyl (C=O) groups is 2. The lowest BCUT2D eigenvalue weighted by Gasteiger charge is -2.09. The van der Waals surface area contributed by atoms with E-state index in [1.165, 1.54) is 0 Å². The number of carboxylic acid groups (broad SMARTS) is 1. The van der Waals surface area contributed by atoms with E-state index in [2.05, 4.69) is 5.32 Å². The van der Waals surface area contributed by atoms with E-state index in [1.807, 2.05) is 13.0 Å². The maximum absolute atomic E-state index is 10.9. The maximum atomic E-state index is 10.9. The van der Waals surface area contributed by atoms with Gasteiger partial charge in [0.05, 0.1) is 7.11 Å². The van der Waals surface area contributed by atoms with Crippen LogP contribution in [-0.4, -0.2) is 24.1 Å². The number of rotatable bonds is 4. The third kappa shape index (κ3) is 3.48. The summed E-state index contributed by atoms with van der Waals surface area (Å²) in [4.78, 5) is 21.2. The first-order chi connectivity index (χ1) is 8.08. The summed E-state index contributed by atoms with van der Waals surface area (Å²) < 4.78 is 5.17. The number of carbonyl (C=O) groups excluding carboxylic acids is 1. The topological polar surface area (TPSA) is 75.6 Å². The monoisotopic (exact) mass is 237 g/mol. The Labute approximate surface area is 99.4 Å². The highest BCUT2D eigenvalue weighted by molar-refractivity contribution is 6.31. The van der Waals surface area contributed by atoms with E-state index in [4.69, 9.17) is 9.84 Å². The average Bonchev–Trinajstić information content (AvgIpc) is 2.35. The largest absolute Gasteiger partial charge is 0.496 e. The fourth-order valence-electron chi connectivity index (χ4n) is 1.48. The van der Waals surface area contributed by atoms with Crippen molar-refractivity contribution in [3.05, 3.63) is 29.3 Å².